The maximum Gasteiger partial charge on any atom is 0.264 e. The van der Waals surface area contributed by atoms with Crippen molar-refractivity contribution >= 4 is 48.3 Å². The standard InChI is InChI=1S/C25H21BrN2O3S/c26-22-9-6-10-23(16-22)28(32(30,31)24-11-2-1-3-12-24)18-25(29)27-17-19-13-14-20-7-4-5-8-21(20)15-19/h1-16H,17-18H2,(H,27,29). The van der Waals surface area contributed by atoms with Crippen molar-refractivity contribution in [3.05, 3.63) is 107 Å². The van der Waals surface area contributed by atoms with E-state index in [9.17, 15) is 13.2 Å². The van der Waals surface area contributed by atoms with Crippen LogP contribution in [0.2, 0.25) is 0 Å². The van der Waals surface area contributed by atoms with Crippen LogP contribution >= 0.6 is 15.9 Å². The molecule has 0 saturated heterocycles. The lowest BCUT2D eigenvalue weighted by Crippen LogP contribution is -2.40. The number of hydrogen-bond acceptors (Lipinski definition) is 3. The number of halogens is 1. The van der Waals surface area contributed by atoms with E-state index in [1.165, 1.54) is 12.1 Å². The van der Waals surface area contributed by atoms with Crippen molar-refractivity contribution in [2.24, 2.45) is 0 Å². The average Bonchev–Trinajstić information content (AvgIpc) is 2.81. The molecule has 0 radical (unpaired) electrons. The summed E-state index contributed by atoms with van der Waals surface area (Å²) in [6.07, 6.45) is 0. The molecule has 32 heavy (non-hydrogen) atoms. The highest BCUT2D eigenvalue weighted by Crippen LogP contribution is 2.26. The minimum atomic E-state index is -3.93. The fourth-order valence-corrected chi connectivity index (χ4v) is 5.22. The molecule has 1 N–H and O–H groups in total. The molecule has 0 unspecified atom stereocenters. The third-order valence-corrected chi connectivity index (χ3v) is 7.30. The van der Waals surface area contributed by atoms with Crippen LogP contribution in [0, 0.1) is 0 Å². The maximum atomic E-state index is 13.3. The summed E-state index contributed by atoms with van der Waals surface area (Å²) in [6, 6.07) is 29.0. The number of hydrogen-bond donors (Lipinski definition) is 1. The summed E-state index contributed by atoms with van der Waals surface area (Å²) < 4.78 is 28.5. The van der Waals surface area contributed by atoms with Crippen molar-refractivity contribution < 1.29 is 13.2 Å². The fraction of sp³-hybridized carbons (Fsp3) is 0.0800. The first kappa shape index (κ1) is 22.0. The van der Waals surface area contributed by atoms with Gasteiger partial charge in [0.1, 0.15) is 6.54 Å². The maximum absolute atomic E-state index is 13.3. The predicted molar refractivity (Wildman–Crippen MR) is 131 cm³/mol. The highest BCUT2D eigenvalue weighted by molar-refractivity contribution is 9.10. The van der Waals surface area contributed by atoms with Gasteiger partial charge in [0, 0.05) is 11.0 Å². The summed E-state index contributed by atoms with van der Waals surface area (Å²) in [5, 5.41) is 5.05. The Morgan fingerprint density at radius 2 is 1.53 bits per heavy atom. The summed E-state index contributed by atoms with van der Waals surface area (Å²) >= 11 is 3.38. The zero-order valence-electron chi connectivity index (χ0n) is 17.1. The Morgan fingerprint density at radius 3 is 2.28 bits per heavy atom. The Hall–Kier alpha value is -3.16. The van der Waals surface area contributed by atoms with E-state index in [0.29, 0.717) is 12.2 Å². The van der Waals surface area contributed by atoms with Gasteiger partial charge in [-0.2, -0.15) is 0 Å². The van der Waals surface area contributed by atoms with Gasteiger partial charge in [0.25, 0.3) is 10.0 Å². The van der Waals surface area contributed by atoms with Gasteiger partial charge in [-0.25, -0.2) is 8.42 Å². The molecule has 1 amide bonds. The second-order valence-corrected chi connectivity index (χ2v) is 10.0. The molecule has 0 aromatic heterocycles. The Labute approximate surface area is 195 Å². The van der Waals surface area contributed by atoms with Gasteiger partial charge in [-0.3, -0.25) is 9.10 Å². The van der Waals surface area contributed by atoms with Crippen molar-refractivity contribution in [3.8, 4) is 0 Å². The SMILES string of the molecule is O=C(CN(c1cccc(Br)c1)S(=O)(=O)c1ccccc1)NCc1ccc2ccccc2c1. The molecule has 162 valence electrons. The smallest absolute Gasteiger partial charge is 0.264 e. The lowest BCUT2D eigenvalue weighted by molar-refractivity contribution is -0.119. The highest BCUT2D eigenvalue weighted by Gasteiger charge is 2.27. The van der Waals surface area contributed by atoms with E-state index in [1.54, 1.807) is 42.5 Å². The van der Waals surface area contributed by atoms with Crippen molar-refractivity contribution in [1.82, 2.24) is 5.32 Å². The molecule has 0 aliphatic carbocycles. The third-order valence-electron chi connectivity index (χ3n) is 5.02. The lowest BCUT2D eigenvalue weighted by atomic mass is 10.1. The largest absolute Gasteiger partial charge is 0.350 e. The van der Waals surface area contributed by atoms with Crippen LogP contribution < -0.4 is 9.62 Å². The molecule has 5 nitrogen and oxygen atoms in total. The molecule has 4 rings (SSSR count). The summed E-state index contributed by atoms with van der Waals surface area (Å²) in [4.78, 5) is 12.9. The number of nitrogens with zero attached hydrogens (tertiary/aromatic N) is 1. The molecule has 0 heterocycles. The molecule has 0 atom stereocenters. The quantitative estimate of drug-likeness (QED) is 0.377. The number of fused-ring (bicyclic) bond motifs is 1. The van der Waals surface area contributed by atoms with Gasteiger partial charge in [-0.1, -0.05) is 76.6 Å². The Balaban J connectivity index is 1.55. The zero-order chi connectivity index (χ0) is 22.6. The summed E-state index contributed by atoms with van der Waals surface area (Å²) in [5.41, 5.74) is 1.35. The third kappa shape index (κ3) is 5.00. The van der Waals surface area contributed by atoms with Crippen molar-refractivity contribution in [2.45, 2.75) is 11.4 Å². The number of nitrogens with one attached hydrogen (secondary N) is 1. The Kier molecular flexibility index (Phi) is 6.58. The molecule has 0 aliphatic heterocycles. The van der Waals surface area contributed by atoms with Gasteiger partial charge in [0.05, 0.1) is 10.6 Å². The van der Waals surface area contributed by atoms with E-state index in [1.807, 2.05) is 42.5 Å². The van der Waals surface area contributed by atoms with Crippen molar-refractivity contribution in [2.75, 3.05) is 10.8 Å². The first-order valence-electron chi connectivity index (χ1n) is 10.0. The second-order valence-electron chi connectivity index (χ2n) is 7.26. The van der Waals surface area contributed by atoms with Gasteiger partial charge in [-0.05, 0) is 52.7 Å². The van der Waals surface area contributed by atoms with E-state index in [-0.39, 0.29) is 11.4 Å². The second kappa shape index (κ2) is 9.54. The number of sulfonamides is 1. The number of benzene rings is 4. The molecule has 0 fully saturated rings. The monoisotopic (exact) mass is 508 g/mol. The predicted octanol–water partition coefficient (Wildman–Crippen LogP) is 5.11. The Morgan fingerprint density at radius 1 is 0.812 bits per heavy atom. The van der Waals surface area contributed by atoms with E-state index in [4.69, 9.17) is 0 Å². The van der Waals surface area contributed by atoms with Gasteiger partial charge < -0.3 is 5.32 Å². The minimum Gasteiger partial charge on any atom is -0.350 e. The first-order valence-corrected chi connectivity index (χ1v) is 12.2. The highest BCUT2D eigenvalue weighted by atomic mass is 79.9. The van der Waals surface area contributed by atoms with Crippen LogP contribution in [0.5, 0.6) is 0 Å². The molecule has 0 bridgehead atoms. The molecule has 0 saturated carbocycles. The van der Waals surface area contributed by atoms with Crippen LogP contribution in [-0.2, 0) is 21.4 Å². The van der Waals surface area contributed by atoms with Crippen LogP contribution in [0.15, 0.2) is 106 Å². The molecular formula is C25H21BrN2O3S. The van der Waals surface area contributed by atoms with E-state index < -0.39 is 15.9 Å². The number of carbonyl (C=O) groups excluding carboxylic acids is 1. The van der Waals surface area contributed by atoms with Crippen LogP contribution in [0.25, 0.3) is 10.8 Å². The van der Waals surface area contributed by atoms with Gasteiger partial charge >= 0.3 is 0 Å². The van der Waals surface area contributed by atoms with E-state index >= 15 is 0 Å². The number of anilines is 1. The Bertz CT molecular complexity index is 1360. The van der Waals surface area contributed by atoms with Gasteiger partial charge in [0.15, 0.2) is 0 Å². The van der Waals surface area contributed by atoms with Crippen molar-refractivity contribution in [1.29, 1.82) is 0 Å². The molecule has 0 aliphatic rings. The van der Waals surface area contributed by atoms with E-state index in [2.05, 4.69) is 21.2 Å². The number of amides is 1. The molecule has 4 aromatic carbocycles. The number of rotatable bonds is 7. The first-order chi connectivity index (χ1) is 15.4. The van der Waals surface area contributed by atoms with Gasteiger partial charge in [0.2, 0.25) is 5.91 Å². The van der Waals surface area contributed by atoms with Crippen LogP contribution in [0.3, 0.4) is 0 Å². The molecular weight excluding hydrogens is 488 g/mol. The van der Waals surface area contributed by atoms with Gasteiger partial charge in [-0.15, -0.1) is 0 Å². The molecule has 7 heteroatoms. The summed E-state index contributed by atoms with van der Waals surface area (Å²) in [5.74, 6) is -0.391. The van der Waals surface area contributed by atoms with Crippen molar-refractivity contribution in [3.63, 3.8) is 0 Å². The summed E-state index contributed by atoms with van der Waals surface area (Å²) in [7, 11) is -3.93. The fourth-order valence-electron chi connectivity index (χ4n) is 3.40. The molecule has 0 spiro atoms. The summed E-state index contributed by atoms with van der Waals surface area (Å²) in [6.45, 7) is -0.0252. The van der Waals surface area contributed by atoms with Crippen LogP contribution in [0.1, 0.15) is 5.56 Å². The average molecular weight is 509 g/mol. The zero-order valence-corrected chi connectivity index (χ0v) is 19.5. The minimum absolute atomic E-state index is 0.127. The van der Waals surface area contributed by atoms with E-state index in [0.717, 1.165) is 25.1 Å². The lowest BCUT2D eigenvalue weighted by Gasteiger charge is -2.24. The van der Waals surface area contributed by atoms with Crippen LogP contribution in [-0.4, -0.2) is 20.9 Å². The normalized spacial score (nSPS) is 11.3. The van der Waals surface area contributed by atoms with Crippen LogP contribution in [0.4, 0.5) is 5.69 Å². The number of carbonyl (C=O) groups is 1. The molecule has 4 aromatic rings. The topological polar surface area (TPSA) is 66.5 Å².